The summed E-state index contributed by atoms with van der Waals surface area (Å²) in [5.41, 5.74) is 0.749. The van der Waals surface area contributed by atoms with Gasteiger partial charge in [-0.1, -0.05) is 0 Å². The van der Waals surface area contributed by atoms with Crippen molar-refractivity contribution in [1.82, 2.24) is 5.32 Å². The topological polar surface area (TPSA) is 35.8 Å². The number of halogens is 1. The molecule has 2 heterocycles. The minimum atomic E-state index is 0.749. The highest BCUT2D eigenvalue weighted by atomic mass is 79.9. The van der Waals surface area contributed by atoms with Crippen LogP contribution in [0.2, 0.25) is 0 Å². The fraction of sp³-hybridized carbons (Fsp3) is 0.182. The summed E-state index contributed by atoms with van der Waals surface area (Å²) in [4.78, 5) is 2.50. The number of thiophene rings is 2. The van der Waals surface area contributed by atoms with Crippen molar-refractivity contribution in [2.45, 2.75) is 13.1 Å². The number of nitrogens with zero attached hydrogens (tertiary/aromatic N) is 1. The van der Waals surface area contributed by atoms with Gasteiger partial charge in [-0.25, -0.2) is 0 Å². The van der Waals surface area contributed by atoms with Crippen LogP contribution < -0.4 is 5.32 Å². The molecule has 2 rings (SSSR count). The second-order valence-electron chi connectivity index (χ2n) is 3.21. The first-order chi connectivity index (χ1) is 7.79. The monoisotopic (exact) mass is 312 g/mol. The Bertz CT molecular complexity index is 510. The number of nitriles is 1. The van der Waals surface area contributed by atoms with Crippen LogP contribution in [0, 0.1) is 11.3 Å². The zero-order valence-electron chi connectivity index (χ0n) is 8.37. The van der Waals surface area contributed by atoms with Crippen LogP contribution >= 0.6 is 38.6 Å². The van der Waals surface area contributed by atoms with Crippen LogP contribution in [0.4, 0.5) is 0 Å². The van der Waals surface area contributed by atoms with Crippen LogP contribution in [0.15, 0.2) is 27.4 Å². The Kier molecular flexibility index (Phi) is 4.13. The Balaban J connectivity index is 1.85. The minimum Gasteiger partial charge on any atom is -0.307 e. The van der Waals surface area contributed by atoms with Crippen molar-refractivity contribution in [3.63, 3.8) is 0 Å². The van der Waals surface area contributed by atoms with E-state index >= 15 is 0 Å². The van der Waals surface area contributed by atoms with E-state index in [1.54, 1.807) is 22.7 Å². The lowest BCUT2D eigenvalue weighted by Crippen LogP contribution is -2.10. The van der Waals surface area contributed by atoms with E-state index in [0.29, 0.717) is 0 Å². The fourth-order valence-electron chi connectivity index (χ4n) is 1.28. The van der Waals surface area contributed by atoms with Gasteiger partial charge in [-0.2, -0.15) is 5.26 Å². The first-order valence-corrected chi connectivity index (χ1v) is 7.25. The number of hydrogen-bond acceptors (Lipinski definition) is 4. The highest BCUT2D eigenvalue weighted by molar-refractivity contribution is 9.10. The molecule has 0 unspecified atom stereocenters. The molecule has 0 aliphatic rings. The lowest BCUT2D eigenvalue weighted by atomic mass is 10.3. The standard InChI is InChI=1S/C11H9BrN2S2/c12-10-1-2-15-11(10)6-14-5-9-3-8(4-13)7-16-9/h1-3,7,14H,5-6H2. The summed E-state index contributed by atoms with van der Waals surface area (Å²) >= 11 is 6.86. The van der Waals surface area contributed by atoms with Gasteiger partial charge >= 0.3 is 0 Å². The second-order valence-corrected chi connectivity index (χ2v) is 6.06. The predicted molar refractivity (Wildman–Crippen MR) is 71.6 cm³/mol. The van der Waals surface area contributed by atoms with E-state index in [0.717, 1.165) is 23.1 Å². The summed E-state index contributed by atoms with van der Waals surface area (Å²) in [6, 6.07) is 6.13. The van der Waals surface area contributed by atoms with Gasteiger partial charge in [0, 0.05) is 32.7 Å². The zero-order valence-corrected chi connectivity index (χ0v) is 11.6. The van der Waals surface area contributed by atoms with E-state index < -0.39 is 0 Å². The maximum atomic E-state index is 8.69. The molecule has 0 atom stereocenters. The minimum absolute atomic E-state index is 0.749. The van der Waals surface area contributed by atoms with Crippen LogP contribution in [0.5, 0.6) is 0 Å². The van der Waals surface area contributed by atoms with Crippen molar-refractivity contribution in [2.75, 3.05) is 0 Å². The van der Waals surface area contributed by atoms with Gasteiger partial charge in [-0.05, 0) is 33.4 Å². The maximum Gasteiger partial charge on any atom is 0.100 e. The number of nitrogens with one attached hydrogen (secondary N) is 1. The smallest absolute Gasteiger partial charge is 0.100 e. The van der Waals surface area contributed by atoms with Gasteiger partial charge in [0.1, 0.15) is 6.07 Å². The van der Waals surface area contributed by atoms with E-state index in [-0.39, 0.29) is 0 Å². The number of hydrogen-bond donors (Lipinski definition) is 1. The molecular weight excluding hydrogens is 304 g/mol. The molecule has 0 aliphatic carbocycles. The molecule has 0 spiro atoms. The van der Waals surface area contributed by atoms with E-state index in [1.807, 2.05) is 11.4 Å². The molecule has 16 heavy (non-hydrogen) atoms. The van der Waals surface area contributed by atoms with Gasteiger partial charge in [0.2, 0.25) is 0 Å². The fourth-order valence-corrected chi connectivity index (χ4v) is 3.52. The lowest BCUT2D eigenvalue weighted by molar-refractivity contribution is 0.707. The Morgan fingerprint density at radius 1 is 1.38 bits per heavy atom. The Morgan fingerprint density at radius 2 is 2.25 bits per heavy atom. The molecule has 0 saturated carbocycles. The summed E-state index contributed by atoms with van der Waals surface area (Å²) < 4.78 is 1.16. The van der Waals surface area contributed by atoms with Crippen LogP contribution in [-0.2, 0) is 13.1 Å². The Morgan fingerprint density at radius 3 is 2.88 bits per heavy atom. The third-order valence-electron chi connectivity index (χ3n) is 2.06. The van der Waals surface area contributed by atoms with Gasteiger partial charge in [-0.15, -0.1) is 22.7 Å². The van der Waals surface area contributed by atoms with Gasteiger partial charge in [0.05, 0.1) is 5.56 Å². The van der Waals surface area contributed by atoms with E-state index in [1.165, 1.54) is 9.75 Å². The molecule has 0 aromatic carbocycles. The average Bonchev–Trinajstić information content (AvgIpc) is 2.89. The summed E-state index contributed by atoms with van der Waals surface area (Å²) in [5, 5.41) is 16.0. The molecular formula is C11H9BrN2S2. The third-order valence-corrected chi connectivity index (χ3v) is 4.92. The highest BCUT2D eigenvalue weighted by Gasteiger charge is 2.02. The van der Waals surface area contributed by atoms with Crippen molar-refractivity contribution in [1.29, 1.82) is 5.26 Å². The molecule has 2 aromatic heterocycles. The first kappa shape index (κ1) is 11.8. The van der Waals surface area contributed by atoms with Crippen LogP contribution in [0.1, 0.15) is 15.3 Å². The molecule has 82 valence electrons. The molecule has 1 N–H and O–H groups in total. The normalized spacial score (nSPS) is 10.2. The molecule has 2 aromatic rings. The maximum absolute atomic E-state index is 8.69. The van der Waals surface area contributed by atoms with Gasteiger partial charge in [0.25, 0.3) is 0 Å². The van der Waals surface area contributed by atoms with Crippen molar-refractivity contribution < 1.29 is 0 Å². The molecule has 0 saturated heterocycles. The van der Waals surface area contributed by atoms with E-state index in [4.69, 9.17) is 5.26 Å². The average molecular weight is 313 g/mol. The quantitative estimate of drug-likeness (QED) is 0.933. The summed E-state index contributed by atoms with van der Waals surface area (Å²) in [7, 11) is 0. The number of rotatable bonds is 4. The Labute approximate surface area is 111 Å². The van der Waals surface area contributed by atoms with Crippen molar-refractivity contribution in [3.05, 3.63) is 42.7 Å². The van der Waals surface area contributed by atoms with Crippen LogP contribution in [-0.4, -0.2) is 0 Å². The highest BCUT2D eigenvalue weighted by Crippen LogP contribution is 2.22. The summed E-state index contributed by atoms with van der Waals surface area (Å²) in [6.07, 6.45) is 0. The van der Waals surface area contributed by atoms with Crippen molar-refractivity contribution >= 4 is 38.6 Å². The molecule has 0 bridgehead atoms. The van der Waals surface area contributed by atoms with Crippen molar-refractivity contribution in [3.8, 4) is 6.07 Å². The molecule has 0 radical (unpaired) electrons. The van der Waals surface area contributed by atoms with E-state index in [2.05, 4.69) is 38.8 Å². The second kappa shape index (κ2) is 5.60. The molecule has 0 aliphatic heterocycles. The molecule has 0 amide bonds. The largest absolute Gasteiger partial charge is 0.307 e. The van der Waals surface area contributed by atoms with Gasteiger partial charge < -0.3 is 5.32 Å². The van der Waals surface area contributed by atoms with Crippen molar-refractivity contribution in [2.24, 2.45) is 0 Å². The zero-order chi connectivity index (χ0) is 11.4. The lowest BCUT2D eigenvalue weighted by Gasteiger charge is -2.01. The molecule has 5 heteroatoms. The van der Waals surface area contributed by atoms with Crippen LogP contribution in [0.25, 0.3) is 0 Å². The summed E-state index contributed by atoms with van der Waals surface area (Å²) in [5.74, 6) is 0. The van der Waals surface area contributed by atoms with Gasteiger partial charge in [0.15, 0.2) is 0 Å². The SMILES string of the molecule is N#Cc1csc(CNCc2sccc2Br)c1. The Hall–Kier alpha value is -0.670. The predicted octanol–water partition coefficient (Wildman–Crippen LogP) is 3.73. The van der Waals surface area contributed by atoms with Gasteiger partial charge in [-0.3, -0.25) is 0 Å². The first-order valence-electron chi connectivity index (χ1n) is 4.69. The molecule has 2 nitrogen and oxygen atoms in total. The third kappa shape index (κ3) is 2.92. The van der Waals surface area contributed by atoms with Crippen LogP contribution in [0.3, 0.4) is 0 Å². The summed E-state index contributed by atoms with van der Waals surface area (Å²) in [6.45, 7) is 1.68. The molecule has 0 fully saturated rings. The van der Waals surface area contributed by atoms with E-state index in [9.17, 15) is 0 Å².